The second-order valence-corrected chi connectivity index (χ2v) is 7.51. The molecular weight excluding hydrogens is 374 g/mol. The molecule has 0 radical (unpaired) electrons. The van der Waals surface area contributed by atoms with Crippen LogP contribution in [0.2, 0.25) is 0 Å². The van der Waals surface area contributed by atoms with Crippen molar-refractivity contribution in [3.8, 4) is 5.75 Å². The van der Waals surface area contributed by atoms with Crippen LogP contribution in [0, 0.1) is 6.92 Å². The zero-order valence-electron chi connectivity index (χ0n) is 16.4. The maximum absolute atomic E-state index is 12.1. The van der Waals surface area contributed by atoms with Crippen molar-refractivity contribution in [3.05, 3.63) is 52.2 Å². The van der Waals surface area contributed by atoms with E-state index in [2.05, 4.69) is 38.1 Å². The number of rotatable bonds is 5. The number of hydroxylamine groups is 1. The summed E-state index contributed by atoms with van der Waals surface area (Å²) >= 11 is 0. The van der Waals surface area contributed by atoms with Crippen LogP contribution in [0.1, 0.15) is 41.7 Å². The number of nitrogens with one attached hydrogen (secondary N) is 1. The maximum atomic E-state index is 12.1. The van der Waals surface area contributed by atoms with E-state index in [1.54, 1.807) is 6.20 Å². The molecule has 0 saturated heterocycles. The first-order valence-electron chi connectivity index (χ1n) is 9.52. The Kier molecular flexibility index (Phi) is 4.83. The maximum Gasteiger partial charge on any atom is 0.299 e. The Morgan fingerprint density at radius 3 is 2.83 bits per heavy atom. The molecule has 1 aliphatic carbocycles. The fraction of sp³-hybridized carbons (Fsp3) is 0.400. The molecule has 3 aromatic rings. The van der Waals surface area contributed by atoms with E-state index in [9.17, 15) is 14.7 Å². The number of nitrogens with zero attached hydrogens (tertiary/aromatic N) is 4. The molecule has 1 saturated carbocycles. The van der Waals surface area contributed by atoms with Crippen molar-refractivity contribution in [1.82, 2.24) is 24.8 Å². The van der Waals surface area contributed by atoms with E-state index in [-0.39, 0.29) is 5.54 Å². The van der Waals surface area contributed by atoms with Crippen molar-refractivity contribution in [3.63, 3.8) is 0 Å². The van der Waals surface area contributed by atoms with Gasteiger partial charge in [-0.15, -0.1) is 0 Å². The highest BCUT2D eigenvalue weighted by Crippen LogP contribution is 2.40. The number of hydrogen-bond donors (Lipinski definition) is 2. The van der Waals surface area contributed by atoms with Crippen LogP contribution in [0.3, 0.4) is 0 Å². The van der Waals surface area contributed by atoms with Gasteiger partial charge in [0, 0.05) is 17.8 Å². The summed E-state index contributed by atoms with van der Waals surface area (Å²) in [6.45, 7) is 2.45. The highest BCUT2D eigenvalue weighted by Gasteiger charge is 2.38. The molecule has 29 heavy (non-hydrogen) atoms. The van der Waals surface area contributed by atoms with Gasteiger partial charge >= 0.3 is 0 Å². The van der Waals surface area contributed by atoms with Crippen LogP contribution in [0.15, 0.2) is 35.5 Å². The predicted molar refractivity (Wildman–Crippen MR) is 106 cm³/mol. The van der Waals surface area contributed by atoms with Crippen LogP contribution in [-0.4, -0.2) is 37.5 Å². The van der Waals surface area contributed by atoms with Crippen LogP contribution in [0.25, 0.3) is 11.0 Å². The minimum atomic E-state index is -0.833. The third-order valence-corrected chi connectivity index (χ3v) is 5.62. The number of hydrogen-bond acceptors (Lipinski definition) is 6. The third-order valence-electron chi connectivity index (χ3n) is 5.62. The van der Waals surface area contributed by atoms with Gasteiger partial charge in [-0.05, 0) is 37.5 Å². The van der Waals surface area contributed by atoms with Gasteiger partial charge < -0.3 is 9.67 Å². The van der Waals surface area contributed by atoms with Gasteiger partial charge in [-0.1, -0.05) is 12.8 Å². The zero-order chi connectivity index (χ0) is 20.6. The highest BCUT2D eigenvalue weighted by molar-refractivity contribution is 5.91. The Hall–Kier alpha value is -3.20. The van der Waals surface area contributed by atoms with Crippen LogP contribution in [-0.2, 0) is 16.9 Å². The number of aromatic hydroxyl groups is 1. The van der Waals surface area contributed by atoms with Gasteiger partial charge in [-0.25, -0.2) is 10.5 Å². The molecule has 1 fully saturated rings. The topological polar surface area (TPSA) is 111 Å². The Labute approximate surface area is 166 Å². The fourth-order valence-corrected chi connectivity index (χ4v) is 4.29. The smallest absolute Gasteiger partial charge is 0.299 e. The van der Waals surface area contributed by atoms with Crippen molar-refractivity contribution in [1.29, 1.82) is 0 Å². The normalized spacial score (nSPS) is 15.7. The summed E-state index contributed by atoms with van der Waals surface area (Å²) in [5, 5.41) is 15.4. The number of carbonyl (C=O) groups excluding carboxylic acids is 1. The molecule has 0 aliphatic heterocycles. The van der Waals surface area contributed by atoms with E-state index < -0.39 is 22.8 Å². The molecule has 0 aromatic carbocycles. The lowest BCUT2D eigenvalue weighted by molar-refractivity contribution is 0.0527. The van der Waals surface area contributed by atoms with Crippen LogP contribution in [0.5, 0.6) is 5.75 Å². The molecule has 9 nitrogen and oxygen atoms in total. The number of fused-ring (bicyclic) bond motifs is 1. The van der Waals surface area contributed by atoms with E-state index in [0.29, 0.717) is 6.54 Å². The van der Waals surface area contributed by atoms with Gasteiger partial charge in [0.15, 0.2) is 5.75 Å². The molecular formula is C20H23N5O4. The second-order valence-electron chi connectivity index (χ2n) is 7.51. The molecule has 1 aliphatic rings. The summed E-state index contributed by atoms with van der Waals surface area (Å²) in [5.41, 5.74) is 2.55. The summed E-state index contributed by atoms with van der Waals surface area (Å²) in [6, 6.07) is 3.97. The predicted octanol–water partition coefficient (Wildman–Crippen LogP) is 1.87. The van der Waals surface area contributed by atoms with Crippen LogP contribution < -0.4 is 10.9 Å². The fourth-order valence-electron chi connectivity index (χ4n) is 4.29. The molecule has 9 heteroatoms. The van der Waals surface area contributed by atoms with E-state index in [1.165, 1.54) is 18.0 Å². The molecule has 0 unspecified atom stereocenters. The lowest BCUT2D eigenvalue weighted by Gasteiger charge is -2.32. The van der Waals surface area contributed by atoms with E-state index >= 15 is 0 Å². The zero-order valence-corrected chi connectivity index (χ0v) is 16.4. The van der Waals surface area contributed by atoms with Crippen molar-refractivity contribution < 1.29 is 14.7 Å². The van der Waals surface area contributed by atoms with Gasteiger partial charge in [0.25, 0.3) is 11.3 Å². The summed E-state index contributed by atoms with van der Waals surface area (Å²) in [5.74, 6) is -1.33. The van der Waals surface area contributed by atoms with E-state index in [0.717, 1.165) is 42.3 Å². The molecule has 0 spiro atoms. The standard InChI is InChI=1S/C20H23N5O4/c1-13-10-25(18-14(13)6-5-9-21-18)20(7-3-4-8-20)12-24-11-15(26)17(27)16(22-24)19(28)23-29-2/h5-6,9-11,26H,3-4,7-8,12H2,1-2H3,(H,23,28). The average Bonchev–Trinajstić information content (AvgIpc) is 3.30. The van der Waals surface area contributed by atoms with Crippen molar-refractivity contribution in [2.75, 3.05) is 7.11 Å². The Bertz CT molecular complexity index is 1130. The van der Waals surface area contributed by atoms with Crippen molar-refractivity contribution >= 4 is 16.9 Å². The van der Waals surface area contributed by atoms with E-state index in [4.69, 9.17) is 0 Å². The van der Waals surface area contributed by atoms with Crippen LogP contribution in [0.4, 0.5) is 0 Å². The lowest BCUT2D eigenvalue weighted by atomic mass is 9.97. The third kappa shape index (κ3) is 3.27. The summed E-state index contributed by atoms with van der Waals surface area (Å²) in [7, 11) is 1.26. The Balaban J connectivity index is 1.80. The first kappa shape index (κ1) is 19.1. The van der Waals surface area contributed by atoms with Crippen molar-refractivity contribution in [2.24, 2.45) is 0 Å². The molecule has 152 valence electrons. The largest absolute Gasteiger partial charge is 0.503 e. The molecule has 0 bridgehead atoms. The number of amides is 1. The number of carbonyl (C=O) groups is 1. The first-order valence-corrected chi connectivity index (χ1v) is 9.52. The molecule has 0 atom stereocenters. The highest BCUT2D eigenvalue weighted by atomic mass is 16.6. The number of aryl methyl sites for hydroxylation is 1. The lowest BCUT2D eigenvalue weighted by Crippen LogP contribution is -2.37. The monoisotopic (exact) mass is 397 g/mol. The minimum Gasteiger partial charge on any atom is -0.503 e. The molecule has 1 amide bonds. The van der Waals surface area contributed by atoms with Gasteiger partial charge in [0.1, 0.15) is 5.65 Å². The SMILES string of the molecule is CONC(=O)c1nn(CC2(n3cc(C)c4cccnc43)CCCC2)cc(O)c1=O. The Morgan fingerprint density at radius 1 is 1.34 bits per heavy atom. The summed E-state index contributed by atoms with van der Waals surface area (Å²) in [6.07, 6.45) is 9.06. The van der Waals surface area contributed by atoms with Crippen molar-refractivity contribution in [2.45, 2.75) is 44.7 Å². The van der Waals surface area contributed by atoms with E-state index in [1.807, 2.05) is 12.1 Å². The molecule has 3 heterocycles. The van der Waals surface area contributed by atoms with Gasteiger partial charge in [-0.3, -0.25) is 19.1 Å². The number of aromatic nitrogens is 4. The summed E-state index contributed by atoms with van der Waals surface area (Å²) < 4.78 is 3.66. The molecule has 4 rings (SSSR count). The van der Waals surface area contributed by atoms with Gasteiger partial charge in [0.05, 0.1) is 25.4 Å². The quantitative estimate of drug-likeness (QED) is 0.636. The Morgan fingerprint density at radius 2 is 2.10 bits per heavy atom. The second kappa shape index (κ2) is 7.32. The van der Waals surface area contributed by atoms with Crippen LogP contribution >= 0.6 is 0 Å². The molecule has 2 N–H and O–H groups in total. The molecule has 3 aromatic heterocycles. The summed E-state index contributed by atoms with van der Waals surface area (Å²) in [4.78, 5) is 33.4. The first-order chi connectivity index (χ1) is 13.9. The van der Waals surface area contributed by atoms with Gasteiger partial charge in [-0.2, -0.15) is 5.10 Å². The minimum absolute atomic E-state index is 0.315. The number of pyridine rings is 1. The average molecular weight is 397 g/mol. The van der Waals surface area contributed by atoms with Gasteiger partial charge in [0.2, 0.25) is 5.69 Å².